The number of imidazole rings is 1. The number of H-pyrrole nitrogens is 1. The van der Waals surface area contributed by atoms with E-state index in [-0.39, 0.29) is 42.7 Å². The van der Waals surface area contributed by atoms with E-state index in [4.69, 9.17) is 18.9 Å². The molecule has 0 bridgehead atoms. The molecule has 1 spiro atoms. The second kappa shape index (κ2) is 10.9. The van der Waals surface area contributed by atoms with Gasteiger partial charge in [0.15, 0.2) is 10.9 Å². The van der Waals surface area contributed by atoms with Crippen LogP contribution in [0.1, 0.15) is 25.5 Å². The molecule has 0 saturated carbocycles. The van der Waals surface area contributed by atoms with Crippen molar-refractivity contribution in [3.8, 4) is 5.75 Å². The van der Waals surface area contributed by atoms with Crippen molar-refractivity contribution in [2.75, 3.05) is 33.0 Å². The van der Waals surface area contributed by atoms with Crippen LogP contribution in [0.3, 0.4) is 0 Å². The largest absolute Gasteiger partial charge is 1.00 e. The van der Waals surface area contributed by atoms with Crippen LogP contribution >= 0.6 is 0 Å². The van der Waals surface area contributed by atoms with Crippen LogP contribution in [0.25, 0.3) is 11.0 Å². The molecule has 2 aromatic heterocycles. The van der Waals surface area contributed by atoms with Crippen molar-refractivity contribution in [2.24, 2.45) is 5.92 Å². The third kappa shape index (κ3) is 5.67. The van der Waals surface area contributed by atoms with Gasteiger partial charge < -0.3 is 25.4 Å². The van der Waals surface area contributed by atoms with E-state index in [1.165, 1.54) is 0 Å². The van der Waals surface area contributed by atoms with Crippen molar-refractivity contribution in [1.29, 1.82) is 0 Å². The normalized spacial score (nSPS) is 19.3. The molecular formula is C23H28N3NaO5S. The molecule has 1 N–H and O–H groups in total. The number of para-hydroxylation sites is 2. The van der Waals surface area contributed by atoms with Gasteiger partial charge in [0.05, 0.1) is 66.3 Å². The number of hydrogen-bond donors (Lipinski definition) is 1. The predicted molar refractivity (Wildman–Crippen MR) is 120 cm³/mol. The van der Waals surface area contributed by atoms with Crippen LogP contribution in [-0.4, -0.2) is 58.0 Å². The van der Waals surface area contributed by atoms with Crippen LogP contribution in [0.4, 0.5) is 0 Å². The molecule has 2 aliphatic rings. The molecule has 172 valence electrons. The molecule has 2 aliphatic heterocycles. The summed E-state index contributed by atoms with van der Waals surface area (Å²) in [4.78, 5) is 12.0. The summed E-state index contributed by atoms with van der Waals surface area (Å²) in [7, 11) is -1.34. The topological polar surface area (TPSA) is 95.6 Å². The Kier molecular flexibility index (Phi) is 8.22. The molecule has 1 atom stereocenters. The number of fused-ring (bicyclic) bond motifs is 1. The van der Waals surface area contributed by atoms with E-state index in [0.717, 1.165) is 40.9 Å². The fourth-order valence-corrected chi connectivity index (χ4v) is 5.09. The standard InChI is InChI=1S/C23H27N3O5S.Na.H/c1-16-20(15-32(27)22-25-18-4-2-3-5-19(18)26-22)24-9-6-21(16)29-12-17-13-30-23(31-14-17)7-10-28-11-8-23;;/h2-6,9,17H,7-8,10-15H2,1H3,(H,25,26);;/q;+1;-1. The molecule has 33 heavy (non-hydrogen) atoms. The number of ether oxygens (including phenoxy) is 4. The van der Waals surface area contributed by atoms with Gasteiger partial charge in [-0.1, -0.05) is 12.1 Å². The number of nitrogens with one attached hydrogen (secondary N) is 1. The Bertz CT molecular complexity index is 1080. The molecular weight excluding hydrogens is 453 g/mol. The van der Waals surface area contributed by atoms with Gasteiger partial charge in [-0.05, 0) is 25.1 Å². The molecule has 3 aromatic rings. The van der Waals surface area contributed by atoms with Crippen molar-refractivity contribution in [1.82, 2.24) is 15.0 Å². The van der Waals surface area contributed by atoms with Crippen LogP contribution in [0.2, 0.25) is 0 Å². The Hall–Kier alpha value is -1.33. The third-order valence-corrected chi connectivity index (χ3v) is 7.16. The molecule has 2 saturated heterocycles. The summed E-state index contributed by atoms with van der Waals surface area (Å²) in [6, 6.07) is 9.49. The van der Waals surface area contributed by atoms with Gasteiger partial charge in [0.2, 0.25) is 0 Å². The van der Waals surface area contributed by atoms with Crippen molar-refractivity contribution >= 4 is 21.8 Å². The summed E-state index contributed by atoms with van der Waals surface area (Å²) in [6.07, 6.45) is 3.24. The first-order valence-electron chi connectivity index (χ1n) is 10.9. The van der Waals surface area contributed by atoms with E-state index >= 15 is 0 Å². The zero-order valence-corrected chi connectivity index (χ0v) is 21.9. The summed E-state index contributed by atoms with van der Waals surface area (Å²) >= 11 is 0. The number of rotatable bonds is 6. The van der Waals surface area contributed by atoms with Gasteiger partial charge >= 0.3 is 29.6 Å². The van der Waals surface area contributed by atoms with E-state index in [9.17, 15) is 4.21 Å². The fourth-order valence-electron chi connectivity index (χ4n) is 3.99. The second-order valence-electron chi connectivity index (χ2n) is 8.25. The number of benzene rings is 1. The van der Waals surface area contributed by atoms with Crippen LogP contribution in [0.15, 0.2) is 41.7 Å². The summed E-state index contributed by atoms with van der Waals surface area (Å²) < 4.78 is 36.5. The molecule has 1 aromatic carbocycles. The molecule has 10 heteroatoms. The van der Waals surface area contributed by atoms with Gasteiger partial charge in [-0.2, -0.15) is 0 Å². The number of aromatic amines is 1. The minimum atomic E-state index is -1.34. The number of aromatic nitrogens is 3. The van der Waals surface area contributed by atoms with Gasteiger partial charge in [0, 0.05) is 30.5 Å². The summed E-state index contributed by atoms with van der Waals surface area (Å²) in [6.45, 7) is 4.99. The minimum Gasteiger partial charge on any atom is -1.00 e. The Balaban J connectivity index is 0.00000162. The first-order valence-corrected chi connectivity index (χ1v) is 12.2. The number of pyridine rings is 1. The van der Waals surface area contributed by atoms with Crippen LogP contribution in [-0.2, 0) is 30.8 Å². The molecule has 0 radical (unpaired) electrons. The zero-order valence-electron chi connectivity index (χ0n) is 20.0. The fraction of sp³-hybridized carbons (Fsp3) is 0.478. The van der Waals surface area contributed by atoms with Gasteiger partial charge in [-0.3, -0.25) is 9.19 Å². The quantitative estimate of drug-likeness (QED) is 0.504. The van der Waals surface area contributed by atoms with E-state index in [2.05, 4.69) is 15.0 Å². The Morgan fingerprint density at radius 3 is 2.73 bits per heavy atom. The van der Waals surface area contributed by atoms with Crippen molar-refractivity contribution in [3.63, 3.8) is 0 Å². The maximum absolute atomic E-state index is 12.9. The van der Waals surface area contributed by atoms with Gasteiger partial charge in [0.1, 0.15) is 5.75 Å². The second-order valence-corrected chi connectivity index (χ2v) is 9.62. The van der Waals surface area contributed by atoms with Crippen molar-refractivity contribution in [3.05, 3.63) is 47.8 Å². The first kappa shape index (κ1) is 24.8. The zero-order chi connectivity index (χ0) is 22.0. The monoisotopic (exact) mass is 481 g/mol. The molecule has 0 amide bonds. The van der Waals surface area contributed by atoms with Crippen LogP contribution in [0, 0.1) is 12.8 Å². The van der Waals surface area contributed by atoms with E-state index in [0.29, 0.717) is 38.2 Å². The average Bonchev–Trinajstić information content (AvgIpc) is 3.26. The molecule has 1 unspecified atom stereocenters. The summed E-state index contributed by atoms with van der Waals surface area (Å²) in [5.74, 6) is 0.685. The van der Waals surface area contributed by atoms with E-state index in [1.54, 1.807) is 6.20 Å². The van der Waals surface area contributed by atoms with Gasteiger partial charge in [0.25, 0.3) is 0 Å². The number of hydrogen-bond acceptors (Lipinski definition) is 7. The molecule has 2 fully saturated rings. The number of nitrogens with zero attached hydrogens (tertiary/aromatic N) is 2. The maximum Gasteiger partial charge on any atom is 1.00 e. The van der Waals surface area contributed by atoms with Gasteiger partial charge in [-0.25, -0.2) is 4.98 Å². The predicted octanol–water partition coefficient (Wildman–Crippen LogP) is 0.239. The van der Waals surface area contributed by atoms with E-state index < -0.39 is 16.6 Å². The Morgan fingerprint density at radius 1 is 1.21 bits per heavy atom. The molecule has 8 nitrogen and oxygen atoms in total. The van der Waals surface area contributed by atoms with Crippen LogP contribution in [0.5, 0.6) is 5.75 Å². The summed E-state index contributed by atoms with van der Waals surface area (Å²) in [5, 5.41) is 0.456. The van der Waals surface area contributed by atoms with Gasteiger partial charge in [-0.15, -0.1) is 0 Å². The molecule has 4 heterocycles. The van der Waals surface area contributed by atoms with Crippen molar-refractivity contribution in [2.45, 2.75) is 36.5 Å². The van der Waals surface area contributed by atoms with Crippen molar-refractivity contribution < 1.29 is 54.1 Å². The third-order valence-electron chi connectivity index (χ3n) is 6.00. The SMILES string of the molecule is Cc1c(OCC2COC3(CCOCC3)OC2)ccnc1CS(=O)c1nc2ccccc2[nH]1.[H-].[Na+]. The maximum atomic E-state index is 12.9. The van der Waals surface area contributed by atoms with Crippen LogP contribution < -0.4 is 34.3 Å². The smallest absolute Gasteiger partial charge is 1.00 e. The summed E-state index contributed by atoms with van der Waals surface area (Å²) in [5.41, 5.74) is 3.29. The molecule has 0 aliphatic carbocycles. The Morgan fingerprint density at radius 2 is 1.97 bits per heavy atom. The molecule has 5 rings (SSSR count). The Labute approximate surface area is 219 Å². The first-order chi connectivity index (χ1) is 15.6. The average molecular weight is 482 g/mol. The van der Waals surface area contributed by atoms with E-state index in [1.807, 2.05) is 37.3 Å². The minimum absolute atomic E-state index is 0.